The Labute approximate surface area is 64.5 Å². The molecule has 0 aromatic carbocycles. The van der Waals surface area contributed by atoms with E-state index in [4.69, 9.17) is 0 Å². The molecule has 0 amide bonds. The summed E-state index contributed by atoms with van der Waals surface area (Å²) >= 11 is 0. The van der Waals surface area contributed by atoms with Gasteiger partial charge in [0.05, 0.1) is 6.04 Å². The molecule has 0 bridgehead atoms. The van der Waals surface area contributed by atoms with Crippen LogP contribution in [0.4, 0.5) is 0 Å². The van der Waals surface area contributed by atoms with Crippen LogP contribution in [0.2, 0.25) is 0 Å². The fourth-order valence-corrected chi connectivity index (χ4v) is 0.895. The van der Waals surface area contributed by atoms with Crippen molar-refractivity contribution in [3.8, 4) is 0 Å². The Morgan fingerprint density at radius 1 is 1.50 bits per heavy atom. The number of nitrogens with one attached hydrogen (secondary N) is 1. The SMILES string of the molecule is C=C[C](CCCCC)NC. The highest BCUT2D eigenvalue weighted by Crippen LogP contribution is 2.08. The van der Waals surface area contributed by atoms with E-state index in [2.05, 4.69) is 18.8 Å². The monoisotopic (exact) mass is 140 g/mol. The minimum Gasteiger partial charge on any atom is -0.309 e. The molecule has 0 saturated carbocycles. The molecule has 0 aromatic heterocycles. The minimum absolute atomic E-state index is 1.15. The number of unbranched alkanes of at least 4 members (excludes halogenated alkanes) is 2. The largest absolute Gasteiger partial charge is 0.309 e. The van der Waals surface area contributed by atoms with Crippen LogP contribution in [0.15, 0.2) is 12.7 Å². The average Bonchev–Trinajstić information content (AvgIpc) is 1.99. The summed E-state index contributed by atoms with van der Waals surface area (Å²) in [6, 6.07) is 1.26. The molecule has 1 N–H and O–H groups in total. The standard InChI is InChI=1S/C9H18N/c1-4-6-7-8-9(5-2)10-3/h5,10H,2,4,6-8H2,1,3H3. The van der Waals surface area contributed by atoms with Crippen LogP contribution >= 0.6 is 0 Å². The molecule has 0 fully saturated rings. The van der Waals surface area contributed by atoms with E-state index in [9.17, 15) is 0 Å². The zero-order valence-electron chi connectivity index (χ0n) is 7.11. The second kappa shape index (κ2) is 6.81. The number of rotatable bonds is 6. The summed E-state index contributed by atoms with van der Waals surface area (Å²) in [5.74, 6) is 0. The molecule has 0 rings (SSSR count). The van der Waals surface area contributed by atoms with Gasteiger partial charge in [-0.2, -0.15) is 0 Å². The summed E-state index contributed by atoms with van der Waals surface area (Å²) in [5, 5.41) is 3.11. The first-order chi connectivity index (χ1) is 4.85. The zero-order chi connectivity index (χ0) is 7.82. The van der Waals surface area contributed by atoms with E-state index >= 15 is 0 Å². The topological polar surface area (TPSA) is 12.0 Å². The van der Waals surface area contributed by atoms with Crippen LogP contribution in [-0.4, -0.2) is 7.05 Å². The lowest BCUT2D eigenvalue weighted by Crippen LogP contribution is -2.12. The van der Waals surface area contributed by atoms with E-state index in [1.165, 1.54) is 25.3 Å². The van der Waals surface area contributed by atoms with Crippen molar-refractivity contribution < 1.29 is 0 Å². The van der Waals surface area contributed by atoms with Crippen molar-refractivity contribution in [3.63, 3.8) is 0 Å². The van der Waals surface area contributed by atoms with Gasteiger partial charge in [0, 0.05) is 0 Å². The molecule has 0 heterocycles. The second-order valence-corrected chi connectivity index (χ2v) is 2.44. The summed E-state index contributed by atoms with van der Waals surface area (Å²) in [6.45, 7) is 5.93. The molecule has 0 saturated heterocycles. The fourth-order valence-electron chi connectivity index (χ4n) is 0.895. The van der Waals surface area contributed by atoms with Gasteiger partial charge < -0.3 is 5.32 Å². The van der Waals surface area contributed by atoms with Gasteiger partial charge in [-0.3, -0.25) is 0 Å². The summed E-state index contributed by atoms with van der Waals surface area (Å²) in [6.07, 6.45) is 6.93. The third-order valence-electron chi connectivity index (χ3n) is 1.62. The van der Waals surface area contributed by atoms with Gasteiger partial charge >= 0.3 is 0 Å². The highest BCUT2D eigenvalue weighted by Gasteiger charge is 1.98. The van der Waals surface area contributed by atoms with Gasteiger partial charge in [0.25, 0.3) is 0 Å². The Hall–Kier alpha value is -0.300. The van der Waals surface area contributed by atoms with Crippen molar-refractivity contribution >= 4 is 0 Å². The first-order valence-electron chi connectivity index (χ1n) is 4.01. The Morgan fingerprint density at radius 3 is 2.60 bits per heavy atom. The van der Waals surface area contributed by atoms with Crippen LogP contribution in [0.3, 0.4) is 0 Å². The van der Waals surface area contributed by atoms with Crippen LogP contribution in [0, 0.1) is 6.04 Å². The molecule has 0 aliphatic heterocycles. The maximum absolute atomic E-state index is 3.71. The maximum atomic E-state index is 3.71. The first-order valence-corrected chi connectivity index (χ1v) is 4.01. The van der Waals surface area contributed by atoms with Gasteiger partial charge in [0.1, 0.15) is 0 Å². The van der Waals surface area contributed by atoms with Gasteiger partial charge in [-0.05, 0) is 13.5 Å². The van der Waals surface area contributed by atoms with E-state index in [0.29, 0.717) is 0 Å². The normalized spacial score (nSPS) is 10.3. The minimum atomic E-state index is 1.15. The first kappa shape index (κ1) is 9.70. The second-order valence-electron chi connectivity index (χ2n) is 2.44. The average molecular weight is 140 g/mol. The molecular weight excluding hydrogens is 122 g/mol. The van der Waals surface area contributed by atoms with Crippen LogP contribution in [-0.2, 0) is 0 Å². The van der Waals surface area contributed by atoms with E-state index in [1.54, 1.807) is 0 Å². The molecule has 10 heavy (non-hydrogen) atoms. The predicted octanol–water partition coefficient (Wildman–Crippen LogP) is 2.50. The van der Waals surface area contributed by atoms with Crippen molar-refractivity contribution in [2.75, 3.05) is 7.05 Å². The molecule has 0 aromatic rings. The van der Waals surface area contributed by atoms with Crippen LogP contribution in [0.25, 0.3) is 0 Å². The molecule has 1 nitrogen and oxygen atoms in total. The summed E-state index contributed by atoms with van der Waals surface area (Å²) in [5.41, 5.74) is 0. The summed E-state index contributed by atoms with van der Waals surface area (Å²) in [7, 11) is 1.95. The van der Waals surface area contributed by atoms with Crippen LogP contribution < -0.4 is 5.32 Å². The Morgan fingerprint density at radius 2 is 2.20 bits per heavy atom. The van der Waals surface area contributed by atoms with Gasteiger partial charge in [-0.25, -0.2) is 0 Å². The quantitative estimate of drug-likeness (QED) is 0.559. The lowest BCUT2D eigenvalue weighted by molar-refractivity contribution is 0.650. The van der Waals surface area contributed by atoms with Crippen molar-refractivity contribution in [2.24, 2.45) is 0 Å². The summed E-state index contributed by atoms with van der Waals surface area (Å²) < 4.78 is 0. The Bertz CT molecular complexity index is 78.8. The third-order valence-corrected chi connectivity index (χ3v) is 1.62. The van der Waals surface area contributed by atoms with E-state index in [0.717, 1.165) is 6.42 Å². The molecular formula is C9H18N. The maximum Gasteiger partial charge on any atom is 0.0580 e. The number of hydrogen-bond donors (Lipinski definition) is 1. The lowest BCUT2D eigenvalue weighted by Gasteiger charge is -2.08. The molecule has 0 aliphatic carbocycles. The molecule has 1 radical (unpaired) electrons. The van der Waals surface area contributed by atoms with Crippen molar-refractivity contribution in [1.82, 2.24) is 5.32 Å². The van der Waals surface area contributed by atoms with E-state index in [1.807, 2.05) is 13.1 Å². The molecule has 0 spiro atoms. The molecule has 1 heteroatoms. The molecule has 0 aliphatic rings. The highest BCUT2D eigenvalue weighted by molar-refractivity contribution is 5.02. The molecule has 0 unspecified atom stereocenters. The van der Waals surface area contributed by atoms with Crippen LogP contribution in [0.5, 0.6) is 0 Å². The summed E-state index contributed by atoms with van der Waals surface area (Å²) in [4.78, 5) is 0. The van der Waals surface area contributed by atoms with Crippen molar-refractivity contribution in [1.29, 1.82) is 0 Å². The van der Waals surface area contributed by atoms with Gasteiger partial charge in [0.2, 0.25) is 0 Å². The van der Waals surface area contributed by atoms with Gasteiger partial charge in [-0.15, -0.1) is 6.58 Å². The number of likely N-dealkylation sites (N-methyl/N-ethyl adjacent to an activating group) is 1. The number of hydrogen-bond acceptors (Lipinski definition) is 1. The van der Waals surface area contributed by atoms with Crippen LogP contribution in [0.1, 0.15) is 32.6 Å². The van der Waals surface area contributed by atoms with Gasteiger partial charge in [0.15, 0.2) is 0 Å². The van der Waals surface area contributed by atoms with Gasteiger partial charge in [-0.1, -0.05) is 32.3 Å². The molecule has 0 atom stereocenters. The van der Waals surface area contributed by atoms with E-state index < -0.39 is 0 Å². The fraction of sp³-hybridized carbons (Fsp3) is 0.667. The third kappa shape index (κ3) is 4.57. The smallest absolute Gasteiger partial charge is 0.0580 e. The van der Waals surface area contributed by atoms with Crippen molar-refractivity contribution in [3.05, 3.63) is 18.7 Å². The molecule has 59 valence electrons. The zero-order valence-corrected chi connectivity index (χ0v) is 7.11. The van der Waals surface area contributed by atoms with E-state index in [-0.39, 0.29) is 0 Å². The Kier molecular flexibility index (Phi) is 6.61. The van der Waals surface area contributed by atoms with Crippen molar-refractivity contribution in [2.45, 2.75) is 32.6 Å². The highest BCUT2D eigenvalue weighted by atomic mass is 14.8. The predicted molar refractivity (Wildman–Crippen MR) is 46.6 cm³/mol. The lowest BCUT2D eigenvalue weighted by atomic mass is 10.1. The Balaban J connectivity index is 3.17.